The van der Waals surface area contributed by atoms with Crippen molar-refractivity contribution in [2.75, 3.05) is 18.5 Å². The van der Waals surface area contributed by atoms with Gasteiger partial charge in [0.15, 0.2) is 0 Å². The maximum absolute atomic E-state index is 12.2. The Labute approximate surface area is 157 Å². The van der Waals surface area contributed by atoms with Crippen molar-refractivity contribution in [2.24, 2.45) is 5.41 Å². The van der Waals surface area contributed by atoms with Gasteiger partial charge in [-0.25, -0.2) is 13.1 Å². The Kier molecular flexibility index (Phi) is 6.32. The standard InChI is InChI=1S/C16H22N4O4S2/c1-11-5-7-12(8-6-11)24-10-9-17-26(22,23)15-20-19-14(25-15)18-13(21)16(2,3)4/h5-8,17H,9-10H2,1-4H3,(H,18,19,21). The normalized spacial score (nSPS) is 12.0. The van der Waals surface area contributed by atoms with Gasteiger partial charge < -0.3 is 10.1 Å². The molecule has 0 saturated carbocycles. The Morgan fingerprint density at radius 3 is 2.46 bits per heavy atom. The van der Waals surface area contributed by atoms with E-state index in [1.165, 1.54) is 0 Å². The number of nitrogens with zero attached hydrogens (tertiary/aromatic N) is 2. The molecule has 2 rings (SSSR count). The first-order valence-electron chi connectivity index (χ1n) is 7.92. The molecule has 0 unspecified atom stereocenters. The van der Waals surface area contributed by atoms with E-state index in [1.54, 1.807) is 20.8 Å². The molecule has 1 amide bonds. The molecule has 0 aliphatic heterocycles. The molecule has 1 heterocycles. The molecule has 0 aliphatic carbocycles. The predicted octanol–water partition coefficient (Wildman–Crippen LogP) is 2.19. The Balaban J connectivity index is 1.87. The minimum Gasteiger partial charge on any atom is -0.492 e. The molecule has 0 fully saturated rings. The molecule has 142 valence electrons. The van der Waals surface area contributed by atoms with Crippen molar-refractivity contribution in [1.29, 1.82) is 0 Å². The first kappa shape index (κ1) is 20.3. The van der Waals surface area contributed by atoms with Gasteiger partial charge in [-0.1, -0.05) is 49.8 Å². The Bertz CT molecular complexity index is 855. The van der Waals surface area contributed by atoms with Crippen molar-refractivity contribution < 1.29 is 17.9 Å². The third-order valence-electron chi connectivity index (χ3n) is 3.22. The first-order chi connectivity index (χ1) is 12.1. The van der Waals surface area contributed by atoms with Crippen molar-refractivity contribution in [3.63, 3.8) is 0 Å². The van der Waals surface area contributed by atoms with E-state index >= 15 is 0 Å². The number of rotatable bonds is 7. The van der Waals surface area contributed by atoms with Crippen molar-refractivity contribution in [1.82, 2.24) is 14.9 Å². The van der Waals surface area contributed by atoms with E-state index in [9.17, 15) is 13.2 Å². The molecule has 8 nitrogen and oxygen atoms in total. The van der Waals surface area contributed by atoms with Gasteiger partial charge in [0.05, 0.1) is 0 Å². The lowest BCUT2D eigenvalue weighted by Crippen LogP contribution is -2.28. The summed E-state index contributed by atoms with van der Waals surface area (Å²) in [7, 11) is -3.81. The number of amides is 1. The van der Waals surface area contributed by atoms with Gasteiger partial charge in [-0.3, -0.25) is 4.79 Å². The van der Waals surface area contributed by atoms with Crippen molar-refractivity contribution in [3.05, 3.63) is 29.8 Å². The van der Waals surface area contributed by atoms with Crippen molar-refractivity contribution in [2.45, 2.75) is 32.0 Å². The topological polar surface area (TPSA) is 110 Å². The number of anilines is 1. The van der Waals surface area contributed by atoms with Gasteiger partial charge in [-0.15, -0.1) is 10.2 Å². The van der Waals surface area contributed by atoms with Crippen LogP contribution in [0.15, 0.2) is 28.6 Å². The summed E-state index contributed by atoms with van der Waals surface area (Å²) in [5.41, 5.74) is 0.500. The third kappa shape index (κ3) is 5.75. The fourth-order valence-electron chi connectivity index (χ4n) is 1.69. The van der Waals surface area contributed by atoms with Crippen LogP contribution < -0.4 is 14.8 Å². The highest BCUT2D eigenvalue weighted by Crippen LogP contribution is 2.22. The highest BCUT2D eigenvalue weighted by atomic mass is 32.2. The van der Waals surface area contributed by atoms with E-state index in [-0.39, 0.29) is 28.5 Å². The van der Waals surface area contributed by atoms with Crippen LogP contribution in [0.1, 0.15) is 26.3 Å². The quantitative estimate of drug-likeness (QED) is 0.546. The Morgan fingerprint density at radius 1 is 1.19 bits per heavy atom. The number of ether oxygens (including phenoxy) is 1. The van der Waals surface area contributed by atoms with Crippen LogP contribution in [0, 0.1) is 12.3 Å². The number of hydrogen-bond acceptors (Lipinski definition) is 7. The average molecular weight is 399 g/mol. The summed E-state index contributed by atoms with van der Waals surface area (Å²) in [4.78, 5) is 11.9. The van der Waals surface area contributed by atoms with Gasteiger partial charge in [-0.2, -0.15) is 0 Å². The second-order valence-corrected chi connectivity index (χ2v) is 9.55. The van der Waals surface area contributed by atoms with E-state index in [2.05, 4.69) is 20.2 Å². The molecule has 0 bridgehead atoms. The van der Waals surface area contributed by atoms with Crippen LogP contribution in [-0.4, -0.2) is 37.7 Å². The van der Waals surface area contributed by atoms with Crippen LogP contribution in [0.5, 0.6) is 5.75 Å². The SMILES string of the molecule is Cc1ccc(OCCNS(=O)(=O)c2nnc(NC(=O)C(C)(C)C)s2)cc1. The lowest BCUT2D eigenvalue weighted by molar-refractivity contribution is -0.123. The molecule has 0 spiro atoms. The summed E-state index contributed by atoms with van der Waals surface area (Å²) >= 11 is 0.795. The average Bonchev–Trinajstić information content (AvgIpc) is 3.02. The smallest absolute Gasteiger partial charge is 0.269 e. The molecule has 1 aromatic carbocycles. The van der Waals surface area contributed by atoms with E-state index in [0.29, 0.717) is 5.75 Å². The third-order valence-corrected chi connectivity index (χ3v) is 5.89. The number of nitrogens with one attached hydrogen (secondary N) is 2. The van der Waals surface area contributed by atoms with Gasteiger partial charge >= 0.3 is 0 Å². The molecule has 0 atom stereocenters. The molecule has 0 aliphatic rings. The molecular weight excluding hydrogens is 376 g/mol. The van der Waals surface area contributed by atoms with E-state index in [1.807, 2.05) is 31.2 Å². The maximum atomic E-state index is 12.2. The van der Waals surface area contributed by atoms with Gasteiger partial charge in [0.2, 0.25) is 15.4 Å². The Hall–Kier alpha value is -2.04. The molecule has 0 saturated heterocycles. The summed E-state index contributed by atoms with van der Waals surface area (Å²) in [6.07, 6.45) is 0. The minimum atomic E-state index is -3.81. The van der Waals surface area contributed by atoms with Crippen LogP contribution in [0.3, 0.4) is 0 Å². The van der Waals surface area contributed by atoms with Gasteiger partial charge in [0, 0.05) is 12.0 Å². The summed E-state index contributed by atoms with van der Waals surface area (Å²) in [6, 6.07) is 7.46. The zero-order valence-corrected chi connectivity index (χ0v) is 16.7. The molecular formula is C16H22N4O4S2. The molecule has 1 aromatic heterocycles. The largest absolute Gasteiger partial charge is 0.492 e. The van der Waals surface area contributed by atoms with Crippen LogP contribution >= 0.6 is 11.3 Å². The maximum Gasteiger partial charge on any atom is 0.269 e. The fourth-order valence-corrected chi connectivity index (χ4v) is 3.64. The molecule has 2 N–H and O–H groups in total. The van der Waals surface area contributed by atoms with Crippen molar-refractivity contribution in [3.8, 4) is 5.75 Å². The molecule has 10 heteroatoms. The lowest BCUT2D eigenvalue weighted by atomic mass is 9.96. The fraction of sp³-hybridized carbons (Fsp3) is 0.438. The predicted molar refractivity (Wildman–Crippen MR) is 99.9 cm³/mol. The second-order valence-electron chi connectivity index (χ2n) is 6.64. The molecule has 2 aromatic rings. The summed E-state index contributed by atoms with van der Waals surface area (Å²) < 4.78 is 32.1. The Morgan fingerprint density at radius 2 is 1.85 bits per heavy atom. The van der Waals surface area contributed by atoms with E-state index in [4.69, 9.17) is 4.74 Å². The van der Waals surface area contributed by atoms with Crippen LogP contribution in [0.4, 0.5) is 5.13 Å². The molecule has 0 radical (unpaired) electrons. The number of hydrogen-bond donors (Lipinski definition) is 2. The highest BCUT2D eigenvalue weighted by Gasteiger charge is 2.25. The summed E-state index contributed by atoms with van der Waals surface area (Å²) in [5, 5.41) is 10.0. The van der Waals surface area contributed by atoms with Gasteiger partial charge in [0.25, 0.3) is 10.0 Å². The lowest BCUT2D eigenvalue weighted by Gasteiger charge is -2.15. The number of carbonyl (C=O) groups is 1. The van der Waals surface area contributed by atoms with Crippen LogP contribution in [0.25, 0.3) is 0 Å². The van der Waals surface area contributed by atoms with Gasteiger partial charge in [-0.05, 0) is 19.1 Å². The minimum absolute atomic E-state index is 0.0828. The van der Waals surface area contributed by atoms with Gasteiger partial charge in [0.1, 0.15) is 12.4 Å². The number of aromatic nitrogens is 2. The van der Waals surface area contributed by atoms with E-state index < -0.39 is 15.4 Å². The second kappa shape index (κ2) is 8.11. The number of benzene rings is 1. The van der Waals surface area contributed by atoms with Crippen LogP contribution in [0.2, 0.25) is 0 Å². The number of sulfonamides is 1. The van der Waals surface area contributed by atoms with Crippen LogP contribution in [-0.2, 0) is 14.8 Å². The number of carbonyl (C=O) groups excluding carboxylic acids is 1. The molecule has 26 heavy (non-hydrogen) atoms. The first-order valence-corrected chi connectivity index (χ1v) is 10.2. The number of aryl methyl sites for hydroxylation is 1. The summed E-state index contributed by atoms with van der Waals surface area (Å²) in [6.45, 7) is 7.47. The monoisotopic (exact) mass is 398 g/mol. The van der Waals surface area contributed by atoms with Crippen molar-refractivity contribution >= 4 is 32.4 Å². The summed E-state index contributed by atoms with van der Waals surface area (Å²) in [5.74, 6) is 0.398. The highest BCUT2D eigenvalue weighted by molar-refractivity contribution is 7.91. The van der Waals surface area contributed by atoms with E-state index in [0.717, 1.165) is 16.9 Å². The zero-order valence-electron chi connectivity index (χ0n) is 15.1. The zero-order chi connectivity index (χ0) is 19.4.